The second-order valence-electron chi connectivity index (χ2n) is 5.42. The SMILES string of the molecule is Cn1c(=O)c2c(ncn2CC(=O)Nc2cccc(N)c2)n(C)c1=O. The van der Waals surface area contributed by atoms with Crippen LogP contribution in [0.3, 0.4) is 0 Å². The minimum atomic E-state index is -0.498. The molecule has 0 atom stereocenters. The maximum absolute atomic E-state index is 12.3. The van der Waals surface area contributed by atoms with Crippen molar-refractivity contribution < 1.29 is 4.79 Å². The molecule has 0 aliphatic rings. The van der Waals surface area contributed by atoms with E-state index in [0.29, 0.717) is 11.4 Å². The normalized spacial score (nSPS) is 10.9. The lowest BCUT2D eigenvalue weighted by Gasteiger charge is -2.08. The number of hydrogen-bond donors (Lipinski definition) is 2. The third-order valence-corrected chi connectivity index (χ3v) is 3.70. The van der Waals surface area contributed by atoms with Gasteiger partial charge in [-0.15, -0.1) is 0 Å². The van der Waals surface area contributed by atoms with Crippen LogP contribution in [0.2, 0.25) is 0 Å². The van der Waals surface area contributed by atoms with Crippen molar-refractivity contribution in [2.45, 2.75) is 6.54 Å². The molecule has 0 radical (unpaired) electrons. The summed E-state index contributed by atoms with van der Waals surface area (Å²) in [6, 6.07) is 6.78. The first kappa shape index (κ1) is 15.5. The Labute approximate surface area is 136 Å². The third-order valence-electron chi connectivity index (χ3n) is 3.70. The van der Waals surface area contributed by atoms with Crippen molar-refractivity contribution in [2.24, 2.45) is 14.1 Å². The molecule has 0 unspecified atom stereocenters. The molecule has 9 heteroatoms. The largest absolute Gasteiger partial charge is 0.399 e. The zero-order valence-electron chi connectivity index (χ0n) is 13.2. The summed E-state index contributed by atoms with van der Waals surface area (Å²) in [5.74, 6) is -0.337. The van der Waals surface area contributed by atoms with Gasteiger partial charge in [-0.05, 0) is 18.2 Å². The average Bonchev–Trinajstić information content (AvgIpc) is 2.94. The number of carbonyl (C=O) groups excluding carboxylic acids is 1. The molecule has 0 spiro atoms. The lowest BCUT2D eigenvalue weighted by Crippen LogP contribution is -2.37. The van der Waals surface area contributed by atoms with Crippen molar-refractivity contribution in [2.75, 3.05) is 11.1 Å². The number of nitrogens with two attached hydrogens (primary N) is 1. The number of fused-ring (bicyclic) bond motifs is 1. The van der Waals surface area contributed by atoms with Crippen LogP contribution in [0.25, 0.3) is 11.2 Å². The minimum absolute atomic E-state index is 0.112. The zero-order chi connectivity index (χ0) is 17.4. The van der Waals surface area contributed by atoms with Crippen LogP contribution in [-0.4, -0.2) is 24.6 Å². The summed E-state index contributed by atoms with van der Waals surface area (Å²) >= 11 is 0. The molecule has 9 nitrogen and oxygen atoms in total. The Kier molecular flexibility index (Phi) is 3.68. The maximum atomic E-state index is 12.3. The molecule has 1 amide bonds. The molecular weight excluding hydrogens is 312 g/mol. The Morgan fingerprint density at radius 1 is 1.25 bits per heavy atom. The number of nitrogens with zero attached hydrogens (tertiary/aromatic N) is 4. The number of benzene rings is 1. The monoisotopic (exact) mass is 328 g/mol. The molecule has 24 heavy (non-hydrogen) atoms. The molecule has 0 bridgehead atoms. The number of hydrogen-bond acceptors (Lipinski definition) is 5. The number of carbonyl (C=O) groups is 1. The number of aromatic nitrogens is 4. The predicted molar refractivity (Wildman–Crippen MR) is 89.7 cm³/mol. The van der Waals surface area contributed by atoms with Crippen molar-refractivity contribution in [1.29, 1.82) is 0 Å². The first-order chi connectivity index (χ1) is 11.4. The van der Waals surface area contributed by atoms with Crippen molar-refractivity contribution in [3.05, 3.63) is 51.4 Å². The summed E-state index contributed by atoms with van der Waals surface area (Å²) in [4.78, 5) is 40.5. The minimum Gasteiger partial charge on any atom is -0.399 e. The van der Waals surface area contributed by atoms with Crippen LogP contribution < -0.4 is 22.3 Å². The summed E-state index contributed by atoms with van der Waals surface area (Å²) in [7, 11) is 2.91. The van der Waals surface area contributed by atoms with Crippen LogP contribution >= 0.6 is 0 Å². The van der Waals surface area contributed by atoms with E-state index in [1.165, 1.54) is 29.6 Å². The van der Waals surface area contributed by atoms with Gasteiger partial charge < -0.3 is 15.6 Å². The average molecular weight is 328 g/mol. The quantitative estimate of drug-likeness (QED) is 0.638. The Balaban J connectivity index is 1.95. The molecule has 2 heterocycles. The van der Waals surface area contributed by atoms with Gasteiger partial charge in [0.05, 0.1) is 6.33 Å². The summed E-state index contributed by atoms with van der Waals surface area (Å²) in [5.41, 5.74) is 6.23. The van der Waals surface area contributed by atoms with E-state index in [0.717, 1.165) is 4.57 Å². The van der Waals surface area contributed by atoms with Gasteiger partial charge in [-0.3, -0.25) is 18.7 Å². The fourth-order valence-electron chi connectivity index (χ4n) is 2.49. The van der Waals surface area contributed by atoms with Crippen molar-refractivity contribution in [1.82, 2.24) is 18.7 Å². The standard InChI is InChI=1S/C15H16N6O3/c1-19-13-12(14(23)20(2)15(19)24)21(8-17-13)7-11(22)18-10-5-3-4-9(16)6-10/h3-6,8H,7,16H2,1-2H3,(H,18,22). The van der Waals surface area contributed by atoms with Gasteiger partial charge in [0, 0.05) is 25.5 Å². The number of rotatable bonds is 3. The smallest absolute Gasteiger partial charge is 0.332 e. The molecule has 0 aliphatic heterocycles. The number of anilines is 2. The highest BCUT2D eigenvalue weighted by Gasteiger charge is 2.15. The lowest BCUT2D eigenvalue weighted by atomic mass is 10.3. The summed E-state index contributed by atoms with van der Waals surface area (Å²) in [6.07, 6.45) is 1.37. The number of aryl methyl sites for hydroxylation is 1. The van der Waals surface area contributed by atoms with E-state index in [4.69, 9.17) is 5.73 Å². The molecule has 0 aliphatic carbocycles. The third kappa shape index (κ3) is 2.56. The van der Waals surface area contributed by atoms with Gasteiger partial charge in [-0.2, -0.15) is 0 Å². The molecule has 0 saturated heterocycles. The Bertz CT molecular complexity index is 1060. The second-order valence-corrected chi connectivity index (χ2v) is 5.42. The van der Waals surface area contributed by atoms with E-state index in [-0.39, 0.29) is 23.6 Å². The summed E-state index contributed by atoms with van der Waals surface area (Å²) in [5, 5.41) is 2.70. The van der Waals surface area contributed by atoms with Crippen molar-refractivity contribution in [3.8, 4) is 0 Å². The fraction of sp³-hybridized carbons (Fsp3) is 0.200. The van der Waals surface area contributed by atoms with Crippen molar-refractivity contribution >= 4 is 28.4 Å². The van der Waals surface area contributed by atoms with E-state index < -0.39 is 11.2 Å². The Morgan fingerprint density at radius 2 is 2.00 bits per heavy atom. The predicted octanol–water partition coefficient (Wildman–Crippen LogP) is -0.345. The lowest BCUT2D eigenvalue weighted by molar-refractivity contribution is -0.116. The molecule has 3 rings (SSSR count). The molecule has 3 N–H and O–H groups in total. The van der Waals surface area contributed by atoms with Crippen LogP contribution in [0.15, 0.2) is 40.2 Å². The summed E-state index contributed by atoms with van der Waals surface area (Å²) in [6.45, 7) is -0.112. The number of nitrogen functional groups attached to an aromatic ring is 1. The topological polar surface area (TPSA) is 117 Å². The highest BCUT2D eigenvalue weighted by Crippen LogP contribution is 2.12. The highest BCUT2D eigenvalue weighted by atomic mass is 16.2. The highest BCUT2D eigenvalue weighted by molar-refractivity contribution is 5.91. The van der Waals surface area contributed by atoms with Gasteiger partial charge in [0.1, 0.15) is 6.54 Å². The van der Waals surface area contributed by atoms with Gasteiger partial charge >= 0.3 is 5.69 Å². The molecule has 0 saturated carbocycles. The Morgan fingerprint density at radius 3 is 2.71 bits per heavy atom. The molecule has 3 aromatic rings. The molecular formula is C15H16N6O3. The van der Waals surface area contributed by atoms with E-state index in [2.05, 4.69) is 10.3 Å². The maximum Gasteiger partial charge on any atom is 0.332 e. The van der Waals surface area contributed by atoms with Crippen LogP contribution in [0.1, 0.15) is 0 Å². The van der Waals surface area contributed by atoms with Crippen molar-refractivity contribution in [3.63, 3.8) is 0 Å². The zero-order valence-corrected chi connectivity index (χ0v) is 13.2. The molecule has 0 fully saturated rings. The summed E-state index contributed by atoms with van der Waals surface area (Å²) < 4.78 is 3.66. The van der Waals surface area contributed by atoms with Crippen LogP contribution in [-0.2, 0) is 25.4 Å². The molecule has 1 aromatic carbocycles. The van der Waals surface area contributed by atoms with Gasteiger partial charge in [-0.1, -0.05) is 6.07 Å². The van der Waals surface area contributed by atoms with Gasteiger partial charge in [-0.25, -0.2) is 9.78 Å². The van der Waals surface area contributed by atoms with Crippen LogP contribution in [0.5, 0.6) is 0 Å². The van der Waals surface area contributed by atoms with E-state index in [9.17, 15) is 14.4 Å². The molecule has 124 valence electrons. The first-order valence-corrected chi connectivity index (χ1v) is 7.14. The number of nitrogens with one attached hydrogen (secondary N) is 1. The fourth-order valence-corrected chi connectivity index (χ4v) is 2.49. The van der Waals surface area contributed by atoms with E-state index >= 15 is 0 Å². The van der Waals surface area contributed by atoms with Crippen LogP contribution in [0.4, 0.5) is 11.4 Å². The Hall–Kier alpha value is -3.36. The van der Waals surface area contributed by atoms with Crippen LogP contribution in [0, 0.1) is 0 Å². The number of imidazole rings is 1. The molecule has 2 aromatic heterocycles. The number of amides is 1. The van der Waals surface area contributed by atoms with Gasteiger partial charge in [0.15, 0.2) is 11.2 Å². The van der Waals surface area contributed by atoms with Gasteiger partial charge in [0.2, 0.25) is 5.91 Å². The first-order valence-electron chi connectivity index (χ1n) is 7.14. The van der Waals surface area contributed by atoms with E-state index in [1.54, 1.807) is 24.3 Å². The second kappa shape index (κ2) is 5.69. The van der Waals surface area contributed by atoms with E-state index in [1.807, 2.05) is 0 Å². The van der Waals surface area contributed by atoms with Gasteiger partial charge in [0.25, 0.3) is 5.56 Å².